The zero-order chi connectivity index (χ0) is 22.6. The second kappa shape index (κ2) is 11.3. The normalized spacial score (nSPS) is 14.1. The standard InChI is InChI=1S/C26H24F2N2O2.2H3N/c27-16-18-10-22(29)14-24(12-18)31-26(32-25-13-19(17-28)11-23(30)15-25)8-6-21(7-9-26)20-4-2-1-3-5-20;;/h1-15,21H,16-17,29-30H2;2*1H3. The quantitative estimate of drug-likeness (QED) is 0.185. The smallest absolute Gasteiger partial charge is 0.291 e. The second-order valence-corrected chi connectivity index (χ2v) is 7.67. The van der Waals surface area contributed by atoms with Gasteiger partial charge in [0, 0.05) is 41.6 Å². The van der Waals surface area contributed by atoms with Crippen LogP contribution in [0.5, 0.6) is 11.5 Å². The van der Waals surface area contributed by atoms with E-state index in [1.165, 1.54) is 0 Å². The Hall–Kier alpha value is -3.88. The van der Waals surface area contributed by atoms with Gasteiger partial charge < -0.3 is 33.2 Å². The van der Waals surface area contributed by atoms with Gasteiger partial charge in [0.1, 0.15) is 24.8 Å². The van der Waals surface area contributed by atoms with Crippen LogP contribution in [0.25, 0.3) is 0 Å². The molecule has 6 nitrogen and oxygen atoms in total. The number of nitrogens with two attached hydrogens (primary N) is 2. The van der Waals surface area contributed by atoms with Crippen molar-refractivity contribution in [2.24, 2.45) is 0 Å². The van der Waals surface area contributed by atoms with Gasteiger partial charge in [-0.3, -0.25) is 0 Å². The van der Waals surface area contributed by atoms with Crippen molar-refractivity contribution in [1.29, 1.82) is 0 Å². The topological polar surface area (TPSA) is 140 Å². The monoisotopic (exact) mass is 468 g/mol. The minimum atomic E-state index is -1.35. The van der Waals surface area contributed by atoms with E-state index in [0.717, 1.165) is 5.56 Å². The summed E-state index contributed by atoms with van der Waals surface area (Å²) in [6.45, 7) is -1.35. The third-order valence-corrected chi connectivity index (χ3v) is 5.10. The first-order valence-electron chi connectivity index (χ1n) is 10.2. The SMILES string of the molecule is N.N.Nc1cc(CF)cc(OC2(Oc3cc(N)cc(CF)c3)C=CC(c3ccccc3)C=C2)c1. The van der Waals surface area contributed by atoms with E-state index in [-0.39, 0.29) is 18.2 Å². The fraction of sp³-hybridized carbons (Fsp3) is 0.154. The van der Waals surface area contributed by atoms with Crippen molar-refractivity contribution in [3.05, 3.63) is 108 Å². The van der Waals surface area contributed by atoms with Crippen LogP contribution in [0, 0.1) is 0 Å². The highest BCUT2D eigenvalue weighted by Gasteiger charge is 2.33. The van der Waals surface area contributed by atoms with E-state index in [1.807, 2.05) is 42.5 Å². The van der Waals surface area contributed by atoms with E-state index < -0.39 is 19.1 Å². The number of hydrogen-bond acceptors (Lipinski definition) is 6. The van der Waals surface area contributed by atoms with Crippen molar-refractivity contribution in [2.75, 3.05) is 11.5 Å². The predicted octanol–water partition coefficient (Wildman–Crippen LogP) is 6.18. The van der Waals surface area contributed by atoms with Crippen molar-refractivity contribution in [2.45, 2.75) is 25.1 Å². The molecule has 0 bridgehead atoms. The number of nitrogen functional groups attached to an aromatic ring is 2. The lowest BCUT2D eigenvalue weighted by Crippen LogP contribution is -2.40. The zero-order valence-electron chi connectivity index (χ0n) is 18.8. The van der Waals surface area contributed by atoms with Gasteiger partial charge in [-0.05, 0) is 41.0 Å². The maximum Gasteiger partial charge on any atom is 0.291 e. The van der Waals surface area contributed by atoms with Crippen LogP contribution < -0.4 is 33.2 Å². The molecule has 0 amide bonds. The van der Waals surface area contributed by atoms with Gasteiger partial charge in [-0.2, -0.15) is 0 Å². The van der Waals surface area contributed by atoms with Crippen molar-refractivity contribution in [3.8, 4) is 11.5 Å². The van der Waals surface area contributed by atoms with Crippen LogP contribution >= 0.6 is 0 Å². The molecule has 1 aliphatic rings. The summed E-state index contributed by atoms with van der Waals surface area (Å²) in [7, 11) is 0. The van der Waals surface area contributed by atoms with E-state index in [4.69, 9.17) is 20.9 Å². The molecule has 0 atom stereocenters. The van der Waals surface area contributed by atoms with Crippen LogP contribution in [0.2, 0.25) is 0 Å². The minimum Gasteiger partial charge on any atom is -0.445 e. The Morgan fingerprint density at radius 2 is 1.18 bits per heavy atom. The van der Waals surface area contributed by atoms with Gasteiger partial charge in [-0.25, -0.2) is 8.78 Å². The first-order chi connectivity index (χ1) is 15.5. The van der Waals surface area contributed by atoms with E-state index in [0.29, 0.717) is 34.0 Å². The first-order valence-corrected chi connectivity index (χ1v) is 10.2. The molecule has 0 heterocycles. The Morgan fingerprint density at radius 1 is 0.706 bits per heavy atom. The Morgan fingerprint density at radius 3 is 1.62 bits per heavy atom. The summed E-state index contributed by atoms with van der Waals surface area (Å²) in [5, 5.41) is 0. The highest BCUT2D eigenvalue weighted by Crippen LogP contribution is 2.34. The molecular formula is C26H30F2N4O2. The number of halogens is 2. The molecule has 1 aliphatic carbocycles. The first kappa shape index (κ1) is 26.4. The number of ether oxygens (including phenoxy) is 2. The summed E-state index contributed by atoms with van der Waals surface area (Å²) >= 11 is 0. The molecular weight excluding hydrogens is 438 g/mol. The summed E-state index contributed by atoms with van der Waals surface area (Å²) in [6, 6.07) is 19.4. The molecule has 0 radical (unpaired) electrons. The van der Waals surface area contributed by atoms with Crippen LogP contribution in [0.3, 0.4) is 0 Å². The zero-order valence-corrected chi connectivity index (χ0v) is 18.8. The summed E-state index contributed by atoms with van der Waals surface area (Å²) in [5.74, 6) is -0.630. The Kier molecular flexibility index (Phi) is 8.77. The van der Waals surface area contributed by atoms with Gasteiger partial charge in [0.2, 0.25) is 0 Å². The van der Waals surface area contributed by atoms with Gasteiger partial charge in [-0.1, -0.05) is 42.5 Å². The molecule has 4 rings (SSSR count). The van der Waals surface area contributed by atoms with Gasteiger partial charge >= 0.3 is 0 Å². The number of alkyl halides is 2. The fourth-order valence-corrected chi connectivity index (χ4v) is 3.66. The number of benzene rings is 3. The van der Waals surface area contributed by atoms with Crippen LogP contribution in [0.15, 0.2) is 91.0 Å². The molecule has 0 unspecified atom stereocenters. The van der Waals surface area contributed by atoms with Crippen molar-refractivity contribution < 1.29 is 18.3 Å². The largest absolute Gasteiger partial charge is 0.445 e. The molecule has 8 heteroatoms. The predicted molar refractivity (Wildman–Crippen MR) is 133 cm³/mol. The maximum absolute atomic E-state index is 13.3. The summed E-state index contributed by atoms with van der Waals surface area (Å²) in [5.41, 5.74) is 14.5. The van der Waals surface area contributed by atoms with Crippen molar-refractivity contribution in [3.63, 3.8) is 0 Å². The number of rotatable bonds is 7. The Balaban J connectivity index is 0.00000204. The average Bonchev–Trinajstić information content (AvgIpc) is 2.79. The van der Waals surface area contributed by atoms with E-state index in [2.05, 4.69) is 0 Å². The van der Waals surface area contributed by atoms with Crippen LogP contribution in [0.4, 0.5) is 20.2 Å². The number of allylic oxidation sites excluding steroid dienone is 2. The van der Waals surface area contributed by atoms with Crippen LogP contribution in [-0.4, -0.2) is 5.79 Å². The molecule has 3 aromatic carbocycles. The summed E-state index contributed by atoms with van der Waals surface area (Å²) in [4.78, 5) is 0. The lowest BCUT2D eigenvalue weighted by atomic mass is 9.92. The fourth-order valence-electron chi connectivity index (χ4n) is 3.66. The van der Waals surface area contributed by atoms with E-state index in [9.17, 15) is 8.78 Å². The third-order valence-electron chi connectivity index (χ3n) is 5.10. The molecule has 0 saturated heterocycles. The molecule has 34 heavy (non-hydrogen) atoms. The van der Waals surface area contributed by atoms with Crippen LogP contribution in [-0.2, 0) is 13.3 Å². The molecule has 0 aliphatic heterocycles. The molecule has 0 spiro atoms. The summed E-state index contributed by atoms with van der Waals surface area (Å²) in [6.07, 6.45) is 7.47. The highest BCUT2D eigenvalue weighted by molar-refractivity contribution is 5.50. The molecule has 0 saturated carbocycles. The van der Waals surface area contributed by atoms with Crippen molar-refractivity contribution in [1.82, 2.24) is 12.3 Å². The van der Waals surface area contributed by atoms with E-state index >= 15 is 0 Å². The lowest BCUT2D eigenvalue weighted by molar-refractivity contribution is -0.0292. The maximum atomic E-state index is 13.3. The summed E-state index contributed by atoms with van der Waals surface area (Å²) < 4.78 is 38.9. The Labute approximate surface area is 198 Å². The number of anilines is 2. The highest BCUT2D eigenvalue weighted by atomic mass is 19.1. The molecule has 0 fully saturated rings. The average molecular weight is 469 g/mol. The van der Waals surface area contributed by atoms with Gasteiger partial charge in [0.25, 0.3) is 5.79 Å². The second-order valence-electron chi connectivity index (χ2n) is 7.67. The van der Waals surface area contributed by atoms with Gasteiger partial charge in [-0.15, -0.1) is 0 Å². The van der Waals surface area contributed by atoms with Crippen molar-refractivity contribution >= 4 is 11.4 Å². The molecule has 180 valence electrons. The van der Waals surface area contributed by atoms with Gasteiger partial charge in [0.15, 0.2) is 0 Å². The lowest BCUT2D eigenvalue weighted by Gasteiger charge is -2.32. The molecule has 0 aromatic heterocycles. The van der Waals surface area contributed by atoms with Gasteiger partial charge in [0.05, 0.1) is 0 Å². The molecule has 3 aromatic rings. The molecule has 10 N–H and O–H groups in total. The Bertz CT molecular complexity index is 1080. The third kappa shape index (κ3) is 6.12. The van der Waals surface area contributed by atoms with Crippen LogP contribution in [0.1, 0.15) is 22.6 Å². The number of hydrogen-bond donors (Lipinski definition) is 4. The minimum absolute atomic E-state index is 0. The van der Waals surface area contributed by atoms with E-state index in [1.54, 1.807) is 48.6 Å².